The van der Waals surface area contributed by atoms with E-state index >= 15 is 0 Å². The first kappa shape index (κ1) is 28.6. The lowest BCUT2D eigenvalue weighted by atomic mass is 10.0. The van der Waals surface area contributed by atoms with Crippen LogP contribution in [0, 0.1) is 12.3 Å². The third-order valence-electron chi connectivity index (χ3n) is 7.24. The Labute approximate surface area is 239 Å². The SMILES string of the molecule is Cc1ccc(C2(NC(=O)c3cc(C(F)(F)F)cnc3NCc3ccc(-c4cnc(N)c(C(=N)N)c4)cc3)CC2O)cc1. The van der Waals surface area contributed by atoms with Gasteiger partial charge in [-0.25, -0.2) is 9.97 Å². The van der Waals surface area contributed by atoms with Gasteiger partial charge < -0.3 is 27.2 Å². The fourth-order valence-electron chi connectivity index (χ4n) is 4.67. The number of benzene rings is 2. The van der Waals surface area contributed by atoms with E-state index in [9.17, 15) is 23.1 Å². The first-order valence-electron chi connectivity index (χ1n) is 13.0. The van der Waals surface area contributed by atoms with E-state index < -0.39 is 29.3 Å². The molecule has 2 unspecified atom stereocenters. The van der Waals surface area contributed by atoms with Crippen molar-refractivity contribution in [3.63, 3.8) is 0 Å². The topological polar surface area (TPSA) is 163 Å². The molecule has 2 heterocycles. The number of nitrogens with zero attached hydrogens (tertiary/aromatic N) is 2. The Morgan fingerprint density at radius 1 is 1.05 bits per heavy atom. The molecule has 1 fully saturated rings. The molecule has 2 atom stereocenters. The van der Waals surface area contributed by atoms with Crippen LogP contribution in [-0.2, 0) is 18.3 Å². The summed E-state index contributed by atoms with van der Waals surface area (Å²) in [5, 5.41) is 23.8. The molecule has 1 aliphatic rings. The second kappa shape index (κ2) is 10.8. The zero-order valence-corrected chi connectivity index (χ0v) is 22.5. The summed E-state index contributed by atoms with van der Waals surface area (Å²) in [6, 6.07) is 16.9. The highest BCUT2D eigenvalue weighted by Crippen LogP contribution is 2.46. The van der Waals surface area contributed by atoms with Gasteiger partial charge in [0.05, 0.1) is 28.3 Å². The number of anilines is 2. The number of hydrogen-bond acceptors (Lipinski definition) is 7. The molecule has 8 N–H and O–H groups in total. The largest absolute Gasteiger partial charge is 0.417 e. The monoisotopic (exact) mass is 575 g/mol. The van der Waals surface area contributed by atoms with Crippen molar-refractivity contribution < 1.29 is 23.1 Å². The van der Waals surface area contributed by atoms with Gasteiger partial charge in [-0.1, -0.05) is 54.1 Å². The van der Waals surface area contributed by atoms with Crippen LogP contribution in [0.1, 0.15) is 44.6 Å². The quantitative estimate of drug-likeness (QED) is 0.134. The summed E-state index contributed by atoms with van der Waals surface area (Å²) in [5.41, 5.74) is 13.1. The molecule has 42 heavy (non-hydrogen) atoms. The summed E-state index contributed by atoms with van der Waals surface area (Å²) in [6.45, 7) is 2.06. The summed E-state index contributed by atoms with van der Waals surface area (Å²) in [6.07, 6.45) is -3.11. The molecule has 12 heteroatoms. The first-order chi connectivity index (χ1) is 19.9. The molecule has 5 rings (SSSR count). The van der Waals surface area contributed by atoms with Crippen molar-refractivity contribution >= 4 is 23.4 Å². The maximum atomic E-state index is 13.5. The molecule has 216 valence electrons. The number of hydrogen-bond donors (Lipinski definition) is 6. The number of carbonyl (C=O) groups is 1. The Kier molecular flexibility index (Phi) is 7.33. The maximum absolute atomic E-state index is 13.5. The molecule has 0 saturated heterocycles. The Hall–Kier alpha value is -4.97. The zero-order chi connectivity index (χ0) is 30.2. The highest BCUT2D eigenvalue weighted by atomic mass is 19.4. The summed E-state index contributed by atoms with van der Waals surface area (Å²) in [4.78, 5) is 21.4. The van der Waals surface area contributed by atoms with Gasteiger partial charge >= 0.3 is 6.18 Å². The summed E-state index contributed by atoms with van der Waals surface area (Å²) < 4.78 is 40.6. The Morgan fingerprint density at radius 3 is 2.31 bits per heavy atom. The van der Waals surface area contributed by atoms with Crippen molar-refractivity contribution in [3.8, 4) is 11.1 Å². The second-order valence-corrected chi connectivity index (χ2v) is 10.3. The number of aromatic nitrogens is 2. The lowest BCUT2D eigenvalue weighted by Gasteiger charge is -2.21. The van der Waals surface area contributed by atoms with Crippen LogP contribution < -0.4 is 22.1 Å². The van der Waals surface area contributed by atoms with Crippen LogP contribution in [0.4, 0.5) is 24.8 Å². The lowest BCUT2D eigenvalue weighted by Crippen LogP contribution is -2.38. The van der Waals surface area contributed by atoms with Crippen molar-refractivity contribution in [2.75, 3.05) is 11.1 Å². The molecule has 9 nitrogen and oxygen atoms in total. The first-order valence-corrected chi connectivity index (χ1v) is 13.0. The van der Waals surface area contributed by atoms with E-state index in [2.05, 4.69) is 20.6 Å². The molecule has 2 aromatic carbocycles. The number of halogens is 3. The molecule has 0 radical (unpaired) electrons. The van der Waals surface area contributed by atoms with Crippen LogP contribution in [0.2, 0.25) is 0 Å². The summed E-state index contributed by atoms with van der Waals surface area (Å²) in [5.74, 6) is -0.877. The average molecular weight is 576 g/mol. The van der Waals surface area contributed by atoms with E-state index in [-0.39, 0.29) is 36.0 Å². The Balaban J connectivity index is 1.37. The smallest absolute Gasteiger partial charge is 0.390 e. The average Bonchev–Trinajstić information content (AvgIpc) is 3.61. The number of nitrogens with two attached hydrogens (primary N) is 2. The normalized spacial score (nSPS) is 17.9. The number of amidine groups is 1. The van der Waals surface area contributed by atoms with E-state index in [4.69, 9.17) is 16.9 Å². The zero-order valence-electron chi connectivity index (χ0n) is 22.5. The van der Waals surface area contributed by atoms with Crippen molar-refractivity contribution in [2.24, 2.45) is 5.73 Å². The van der Waals surface area contributed by atoms with Gasteiger partial charge in [-0.15, -0.1) is 0 Å². The van der Waals surface area contributed by atoms with Gasteiger partial charge in [0.25, 0.3) is 5.91 Å². The number of alkyl halides is 3. The van der Waals surface area contributed by atoms with Gasteiger partial charge in [0.15, 0.2) is 0 Å². The van der Waals surface area contributed by atoms with Crippen molar-refractivity contribution in [1.82, 2.24) is 15.3 Å². The Morgan fingerprint density at radius 2 is 1.71 bits per heavy atom. The maximum Gasteiger partial charge on any atom is 0.417 e. The molecule has 1 saturated carbocycles. The number of pyridine rings is 2. The van der Waals surface area contributed by atoms with Crippen molar-refractivity contribution in [2.45, 2.75) is 37.7 Å². The van der Waals surface area contributed by atoms with Gasteiger partial charge in [-0.3, -0.25) is 10.2 Å². The van der Waals surface area contributed by atoms with Crippen molar-refractivity contribution in [3.05, 3.63) is 106 Å². The van der Waals surface area contributed by atoms with Gasteiger partial charge in [0, 0.05) is 30.9 Å². The van der Waals surface area contributed by atoms with Gasteiger partial charge in [-0.2, -0.15) is 13.2 Å². The third-order valence-corrected chi connectivity index (χ3v) is 7.24. The van der Waals surface area contributed by atoms with Crippen LogP contribution >= 0.6 is 0 Å². The fraction of sp³-hybridized carbons (Fsp3) is 0.200. The molecule has 0 bridgehead atoms. The fourth-order valence-corrected chi connectivity index (χ4v) is 4.67. The van der Waals surface area contributed by atoms with Gasteiger partial charge in [0.1, 0.15) is 17.5 Å². The standard InChI is InChI=1S/C30H28F3N7O2/c1-16-2-8-20(9-3-16)29(12-24(29)41)40-28(42)23-11-21(30(31,32)33)15-39-27(23)38-13-17-4-6-18(7-5-17)19-10-22(25(34)35)26(36)37-14-19/h2-11,14-15,24,41H,12-13H2,1H3,(H3,34,35)(H2,36,37)(H,38,39)(H,40,42). The number of amides is 1. The molecule has 1 amide bonds. The highest BCUT2D eigenvalue weighted by molar-refractivity contribution is 6.00. The highest BCUT2D eigenvalue weighted by Gasteiger charge is 2.56. The second-order valence-electron chi connectivity index (χ2n) is 10.3. The predicted molar refractivity (Wildman–Crippen MR) is 153 cm³/mol. The van der Waals surface area contributed by atoms with E-state index in [0.29, 0.717) is 22.9 Å². The van der Waals surface area contributed by atoms with Crippen molar-refractivity contribution in [1.29, 1.82) is 5.41 Å². The van der Waals surface area contributed by atoms with Crippen LogP contribution in [0.25, 0.3) is 11.1 Å². The number of nitrogens with one attached hydrogen (secondary N) is 3. The number of nitrogen functional groups attached to an aromatic ring is 2. The van der Waals surface area contributed by atoms with E-state index in [1.165, 1.54) is 0 Å². The summed E-state index contributed by atoms with van der Waals surface area (Å²) >= 11 is 0. The van der Waals surface area contributed by atoms with Crippen LogP contribution in [0.3, 0.4) is 0 Å². The minimum atomic E-state index is -4.71. The molecular formula is C30H28F3N7O2. The number of rotatable bonds is 8. The summed E-state index contributed by atoms with van der Waals surface area (Å²) in [7, 11) is 0. The minimum Gasteiger partial charge on any atom is -0.390 e. The molecule has 4 aromatic rings. The number of aryl methyl sites for hydroxylation is 1. The van der Waals surface area contributed by atoms with E-state index in [1.54, 1.807) is 36.5 Å². The van der Waals surface area contributed by atoms with Crippen LogP contribution in [0.15, 0.2) is 73.1 Å². The third kappa shape index (κ3) is 5.75. The number of carbonyl (C=O) groups excluding carboxylic acids is 1. The van der Waals surface area contributed by atoms with Crippen LogP contribution in [-0.4, -0.2) is 32.9 Å². The molecule has 1 aliphatic carbocycles. The predicted octanol–water partition coefficient (Wildman–Crippen LogP) is 4.34. The molecule has 0 aliphatic heterocycles. The molecule has 0 spiro atoms. The minimum absolute atomic E-state index is 0.0346. The number of aliphatic hydroxyl groups excluding tert-OH is 1. The van der Waals surface area contributed by atoms with Crippen LogP contribution in [0.5, 0.6) is 0 Å². The lowest BCUT2D eigenvalue weighted by molar-refractivity contribution is -0.137. The van der Waals surface area contributed by atoms with E-state index in [0.717, 1.165) is 22.8 Å². The molecule has 2 aromatic heterocycles. The van der Waals surface area contributed by atoms with Gasteiger partial charge in [-0.05, 0) is 35.7 Å². The van der Waals surface area contributed by atoms with Gasteiger partial charge in [0.2, 0.25) is 0 Å². The number of aliphatic hydroxyl groups is 1. The van der Waals surface area contributed by atoms with E-state index in [1.807, 2.05) is 31.2 Å². The molecular weight excluding hydrogens is 547 g/mol. The Bertz CT molecular complexity index is 1660.